The number of benzene rings is 2. The van der Waals surface area contributed by atoms with Gasteiger partial charge in [0, 0.05) is 18.1 Å². The number of carbonyl (C=O) groups is 1. The minimum Gasteiger partial charge on any atom is -0.465 e. The van der Waals surface area contributed by atoms with E-state index in [0.29, 0.717) is 24.5 Å². The largest absolute Gasteiger partial charge is 0.465 e. The van der Waals surface area contributed by atoms with Crippen molar-refractivity contribution in [2.75, 3.05) is 0 Å². The molecule has 1 amide bonds. The molecule has 22 heavy (non-hydrogen) atoms. The summed E-state index contributed by atoms with van der Waals surface area (Å²) in [5.41, 5.74) is 2.69. The van der Waals surface area contributed by atoms with Crippen LogP contribution >= 0.6 is 11.6 Å². The average molecular weight is 315 g/mol. The zero-order chi connectivity index (χ0) is 15.9. The molecule has 112 valence electrons. The van der Waals surface area contributed by atoms with Crippen LogP contribution in [-0.4, -0.2) is 16.1 Å². The van der Waals surface area contributed by atoms with Crippen molar-refractivity contribution in [3.05, 3.63) is 70.2 Å². The molecule has 0 fully saturated rings. The van der Waals surface area contributed by atoms with E-state index >= 15 is 0 Å². The van der Waals surface area contributed by atoms with Crippen molar-refractivity contribution in [1.82, 2.24) is 4.90 Å². The smallest absolute Gasteiger partial charge is 0.407 e. The molecule has 0 spiro atoms. The number of rotatable bonds is 5. The Balaban J connectivity index is 2.07. The van der Waals surface area contributed by atoms with Crippen LogP contribution in [0.3, 0.4) is 0 Å². The van der Waals surface area contributed by atoms with Crippen LogP contribution in [0.4, 0.5) is 4.79 Å². The van der Waals surface area contributed by atoms with Gasteiger partial charge in [0.2, 0.25) is 0 Å². The first kappa shape index (κ1) is 15.9. The molecule has 5 heteroatoms. The molecule has 0 saturated heterocycles. The SMILES string of the molecule is N#CCc1ccc(CN(Cc2ccc(Cl)cc2)C(=O)O)cc1. The van der Waals surface area contributed by atoms with Crippen LogP contribution in [0.1, 0.15) is 16.7 Å². The van der Waals surface area contributed by atoms with E-state index in [1.165, 1.54) is 4.90 Å². The predicted octanol–water partition coefficient (Wildman–Crippen LogP) is 4.09. The van der Waals surface area contributed by atoms with Gasteiger partial charge in [0.25, 0.3) is 0 Å². The standard InChI is InChI=1S/C17H15ClN2O2/c18-16-7-5-15(6-8-16)12-20(17(21)22)11-14-3-1-13(2-4-14)9-10-19/h1-8H,9,11-12H2,(H,21,22). The lowest BCUT2D eigenvalue weighted by atomic mass is 10.1. The lowest BCUT2D eigenvalue weighted by molar-refractivity contribution is 0.139. The summed E-state index contributed by atoms with van der Waals surface area (Å²) in [5, 5.41) is 18.6. The van der Waals surface area contributed by atoms with E-state index in [9.17, 15) is 9.90 Å². The fraction of sp³-hybridized carbons (Fsp3) is 0.176. The highest BCUT2D eigenvalue weighted by atomic mass is 35.5. The van der Waals surface area contributed by atoms with Gasteiger partial charge in [-0.05, 0) is 28.8 Å². The van der Waals surface area contributed by atoms with Gasteiger partial charge in [-0.2, -0.15) is 5.26 Å². The van der Waals surface area contributed by atoms with Gasteiger partial charge < -0.3 is 5.11 Å². The molecule has 0 aromatic heterocycles. The molecule has 0 aliphatic heterocycles. The predicted molar refractivity (Wildman–Crippen MR) is 84.5 cm³/mol. The Morgan fingerprint density at radius 2 is 1.45 bits per heavy atom. The molecular weight excluding hydrogens is 300 g/mol. The molecule has 4 nitrogen and oxygen atoms in total. The molecule has 0 aliphatic carbocycles. The summed E-state index contributed by atoms with van der Waals surface area (Å²) >= 11 is 5.83. The second kappa shape index (κ2) is 7.48. The highest BCUT2D eigenvalue weighted by Crippen LogP contribution is 2.14. The monoisotopic (exact) mass is 314 g/mol. The summed E-state index contributed by atoms with van der Waals surface area (Å²) in [4.78, 5) is 12.7. The molecule has 1 N–H and O–H groups in total. The molecule has 0 unspecified atom stereocenters. The molecule has 0 heterocycles. The highest BCUT2D eigenvalue weighted by Gasteiger charge is 2.13. The molecule has 0 saturated carbocycles. The summed E-state index contributed by atoms with van der Waals surface area (Å²) in [6.45, 7) is 0.594. The minimum atomic E-state index is -0.976. The molecule has 2 rings (SSSR count). The average Bonchev–Trinajstić information content (AvgIpc) is 2.51. The maximum Gasteiger partial charge on any atom is 0.407 e. The second-order valence-corrected chi connectivity index (χ2v) is 5.35. The summed E-state index contributed by atoms with van der Waals surface area (Å²) in [5.74, 6) is 0. The molecule has 0 atom stereocenters. The number of nitrogens with zero attached hydrogens (tertiary/aromatic N) is 2. The van der Waals surface area contributed by atoms with Crippen molar-refractivity contribution in [3.63, 3.8) is 0 Å². The van der Waals surface area contributed by atoms with E-state index in [2.05, 4.69) is 6.07 Å². The van der Waals surface area contributed by atoms with Crippen molar-refractivity contribution in [3.8, 4) is 6.07 Å². The van der Waals surface area contributed by atoms with Gasteiger partial charge >= 0.3 is 6.09 Å². The minimum absolute atomic E-state index is 0.296. The zero-order valence-corrected chi connectivity index (χ0v) is 12.6. The van der Waals surface area contributed by atoms with Gasteiger partial charge in [0.1, 0.15) is 0 Å². The Labute approximate surface area is 134 Å². The first-order valence-electron chi connectivity index (χ1n) is 6.75. The third-order valence-electron chi connectivity index (χ3n) is 3.24. The number of hydrogen-bond donors (Lipinski definition) is 1. The number of halogens is 1. The Bertz CT molecular complexity index is 675. The normalized spacial score (nSPS) is 10.0. The number of amides is 1. The fourth-order valence-corrected chi connectivity index (χ4v) is 2.20. The van der Waals surface area contributed by atoms with Gasteiger partial charge in [0.05, 0.1) is 12.5 Å². The van der Waals surface area contributed by atoms with Crippen molar-refractivity contribution >= 4 is 17.7 Å². The third-order valence-corrected chi connectivity index (χ3v) is 3.49. The fourth-order valence-electron chi connectivity index (χ4n) is 2.08. The van der Waals surface area contributed by atoms with Gasteiger partial charge in [-0.1, -0.05) is 48.0 Å². The third kappa shape index (κ3) is 4.51. The quantitative estimate of drug-likeness (QED) is 0.904. The molecule has 0 aliphatic rings. The van der Waals surface area contributed by atoms with E-state index in [1.54, 1.807) is 12.1 Å². The Kier molecular flexibility index (Phi) is 5.40. The zero-order valence-electron chi connectivity index (χ0n) is 11.9. The summed E-state index contributed by atoms with van der Waals surface area (Å²) < 4.78 is 0. The van der Waals surface area contributed by atoms with Crippen molar-refractivity contribution < 1.29 is 9.90 Å². The maximum atomic E-state index is 11.4. The lowest BCUT2D eigenvalue weighted by Crippen LogP contribution is -2.28. The van der Waals surface area contributed by atoms with Crippen LogP contribution in [0.2, 0.25) is 5.02 Å². The first-order valence-corrected chi connectivity index (χ1v) is 7.13. The maximum absolute atomic E-state index is 11.4. The van der Waals surface area contributed by atoms with E-state index in [-0.39, 0.29) is 0 Å². The van der Waals surface area contributed by atoms with Crippen LogP contribution in [-0.2, 0) is 19.5 Å². The molecule has 2 aromatic carbocycles. The Hall–Kier alpha value is -2.51. The Morgan fingerprint density at radius 3 is 1.91 bits per heavy atom. The van der Waals surface area contributed by atoms with Gasteiger partial charge in [-0.15, -0.1) is 0 Å². The van der Waals surface area contributed by atoms with Crippen molar-refractivity contribution in [1.29, 1.82) is 5.26 Å². The van der Waals surface area contributed by atoms with Crippen LogP contribution in [0.5, 0.6) is 0 Å². The number of carboxylic acid groups (broad SMARTS) is 1. The van der Waals surface area contributed by atoms with Crippen molar-refractivity contribution in [2.24, 2.45) is 0 Å². The van der Waals surface area contributed by atoms with E-state index in [1.807, 2.05) is 36.4 Å². The molecular formula is C17H15ClN2O2. The molecule has 2 aromatic rings. The lowest BCUT2D eigenvalue weighted by Gasteiger charge is -2.19. The van der Waals surface area contributed by atoms with Gasteiger partial charge in [-0.3, -0.25) is 4.90 Å². The number of nitriles is 1. The second-order valence-electron chi connectivity index (χ2n) is 4.92. The number of hydrogen-bond acceptors (Lipinski definition) is 2. The van der Waals surface area contributed by atoms with Crippen LogP contribution in [0.25, 0.3) is 0 Å². The van der Waals surface area contributed by atoms with E-state index < -0.39 is 6.09 Å². The van der Waals surface area contributed by atoms with E-state index in [4.69, 9.17) is 16.9 Å². The van der Waals surface area contributed by atoms with Crippen LogP contribution < -0.4 is 0 Å². The summed E-state index contributed by atoms with van der Waals surface area (Å²) in [6, 6.07) is 16.6. The molecule has 0 radical (unpaired) electrons. The Morgan fingerprint density at radius 1 is 1.00 bits per heavy atom. The van der Waals surface area contributed by atoms with Crippen LogP contribution in [0, 0.1) is 11.3 Å². The summed E-state index contributed by atoms with van der Waals surface area (Å²) in [7, 11) is 0. The highest BCUT2D eigenvalue weighted by molar-refractivity contribution is 6.30. The van der Waals surface area contributed by atoms with E-state index in [0.717, 1.165) is 16.7 Å². The topological polar surface area (TPSA) is 64.3 Å². The first-order chi connectivity index (χ1) is 10.6. The van der Waals surface area contributed by atoms with Crippen LogP contribution in [0.15, 0.2) is 48.5 Å². The van der Waals surface area contributed by atoms with Gasteiger partial charge in [0.15, 0.2) is 0 Å². The van der Waals surface area contributed by atoms with Gasteiger partial charge in [-0.25, -0.2) is 4.79 Å². The van der Waals surface area contributed by atoms with Crippen molar-refractivity contribution in [2.45, 2.75) is 19.5 Å². The molecule has 0 bridgehead atoms. The summed E-state index contributed by atoms with van der Waals surface area (Å²) in [6.07, 6.45) is -0.621.